The Kier molecular flexibility index (Phi) is 7.13. The van der Waals surface area contributed by atoms with Crippen LogP contribution in [0.15, 0.2) is 0 Å². The Morgan fingerprint density at radius 1 is 1.36 bits per heavy atom. The molecule has 1 fully saturated rings. The number of carbonyl (C=O) groups is 1. The van der Waals surface area contributed by atoms with E-state index >= 15 is 0 Å². The molecule has 1 saturated heterocycles. The highest BCUT2D eigenvalue weighted by Crippen LogP contribution is 2.20. The van der Waals surface area contributed by atoms with E-state index in [1.807, 2.05) is 27.7 Å². The fraction of sp³-hybridized carbons (Fsp3) is 0.941. The average molecular weight is 313 g/mol. The lowest BCUT2D eigenvalue weighted by molar-refractivity contribution is 0.0257. The largest absolute Gasteiger partial charge is 0.444 e. The first-order valence-corrected chi connectivity index (χ1v) is 8.55. The lowest BCUT2D eigenvalue weighted by Gasteiger charge is -2.40. The molecule has 0 bridgehead atoms. The van der Waals surface area contributed by atoms with Gasteiger partial charge in [-0.1, -0.05) is 6.92 Å². The Morgan fingerprint density at radius 3 is 2.55 bits per heavy atom. The monoisotopic (exact) mass is 313 g/mol. The Morgan fingerprint density at radius 2 is 2.00 bits per heavy atom. The van der Waals surface area contributed by atoms with Crippen molar-refractivity contribution in [2.45, 2.75) is 65.6 Å². The molecule has 5 heteroatoms. The minimum atomic E-state index is -0.435. The summed E-state index contributed by atoms with van der Waals surface area (Å²) in [4.78, 5) is 16.3. The molecule has 22 heavy (non-hydrogen) atoms. The number of piperidine rings is 1. The smallest absolute Gasteiger partial charge is 0.410 e. The first-order valence-electron chi connectivity index (χ1n) is 8.55. The highest BCUT2D eigenvalue weighted by Gasteiger charge is 2.28. The van der Waals surface area contributed by atoms with Gasteiger partial charge in [0.1, 0.15) is 5.60 Å². The predicted octanol–water partition coefficient (Wildman–Crippen LogP) is 2.56. The van der Waals surface area contributed by atoms with Crippen LogP contribution < -0.4 is 5.32 Å². The molecule has 0 aromatic rings. The van der Waals surface area contributed by atoms with Crippen LogP contribution in [0.3, 0.4) is 0 Å². The molecule has 0 saturated carbocycles. The third-order valence-electron chi connectivity index (χ3n) is 4.43. The van der Waals surface area contributed by atoms with Gasteiger partial charge in [-0.25, -0.2) is 4.79 Å². The highest BCUT2D eigenvalue weighted by atomic mass is 16.6. The second-order valence-electron chi connectivity index (χ2n) is 7.62. The van der Waals surface area contributed by atoms with E-state index in [-0.39, 0.29) is 6.09 Å². The second-order valence-corrected chi connectivity index (χ2v) is 7.62. The quantitative estimate of drug-likeness (QED) is 0.847. The van der Waals surface area contributed by atoms with Gasteiger partial charge in [-0.15, -0.1) is 0 Å². The van der Waals surface area contributed by atoms with E-state index in [4.69, 9.17) is 4.74 Å². The molecular formula is C17H35N3O2. The van der Waals surface area contributed by atoms with Crippen LogP contribution in [-0.2, 0) is 4.74 Å². The van der Waals surface area contributed by atoms with Crippen LogP contribution in [0.25, 0.3) is 0 Å². The summed E-state index contributed by atoms with van der Waals surface area (Å²) in [5.41, 5.74) is -0.435. The van der Waals surface area contributed by atoms with Gasteiger partial charge in [0.05, 0.1) is 0 Å². The first kappa shape index (κ1) is 19.2. The summed E-state index contributed by atoms with van der Waals surface area (Å²) < 4.78 is 5.44. The maximum absolute atomic E-state index is 12.1. The van der Waals surface area contributed by atoms with E-state index in [1.54, 1.807) is 4.90 Å². The minimum absolute atomic E-state index is 0.221. The zero-order valence-corrected chi connectivity index (χ0v) is 15.5. The predicted molar refractivity (Wildman–Crippen MR) is 91.1 cm³/mol. The fourth-order valence-electron chi connectivity index (χ4n) is 2.92. The van der Waals surface area contributed by atoms with Gasteiger partial charge in [0.2, 0.25) is 0 Å². The molecule has 1 rings (SSSR count). The van der Waals surface area contributed by atoms with Gasteiger partial charge >= 0.3 is 6.09 Å². The number of likely N-dealkylation sites (N-methyl/N-ethyl adjacent to an activating group) is 1. The number of nitrogens with zero attached hydrogens (tertiary/aromatic N) is 2. The molecule has 0 aromatic heterocycles. The van der Waals surface area contributed by atoms with Gasteiger partial charge in [0.15, 0.2) is 0 Å². The van der Waals surface area contributed by atoms with Crippen molar-refractivity contribution < 1.29 is 9.53 Å². The van der Waals surface area contributed by atoms with Crippen LogP contribution in [0.5, 0.6) is 0 Å². The van der Waals surface area contributed by atoms with Crippen molar-refractivity contribution in [1.29, 1.82) is 0 Å². The van der Waals surface area contributed by atoms with Crippen molar-refractivity contribution in [3.8, 4) is 0 Å². The van der Waals surface area contributed by atoms with Crippen molar-refractivity contribution in [3.63, 3.8) is 0 Å². The van der Waals surface area contributed by atoms with E-state index in [1.165, 1.54) is 0 Å². The summed E-state index contributed by atoms with van der Waals surface area (Å²) in [5.74, 6) is 0.637. The summed E-state index contributed by atoms with van der Waals surface area (Å²) in [7, 11) is 2.19. The topological polar surface area (TPSA) is 44.8 Å². The Balaban J connectivity index is 2.39. The number of amides is 1. The molecule has 1 aliphatic heterocycles. The van der Waals surface area contributed by atoms with Crippen molar-refractivity contribution in [2.24, 2.45) is 5.92 Å². The number of likely N-dealkylation sites (tertiary alicyclic amines) is 1. The second kappa shape index (κ2) is 8.16. The first-order chi connectivity index (χ1) is 10.1. The van der Waals surface area contributed by atoms with Crippen molar-refractivity contribution in [2.75, 3.05) is 33.2 Å². The Bertz CT molecular complexity index is 354. The molecule has 3 unspecified atom stereocenters. The summed E-state index contributed by atoms with van der Waals surface area (Å²) in [5, 5.41) is 3.63. The third kappa shape index (κ3) is 6.13. The summed E-state index contributed by atoms with van der Waals surface area (Å²) in [6, 6.07) is 1.14. The summed E-state index contributed by atoms with van der Waals surface area (Å²) in [6.07, 6.45) is 0.942. The Hall–Kier alpha value is -0.810. The number of ether oxygens (including phenoxy) is 1. The van der Waals surface area contributed by atoms with Crippen LogP contribution >= 0.6 is 0 Å². The van der Waals surface area contributed by atoms with Gasteiger partial charge in [-0.05, 0) is 54.0 Å². The maximum atomic E-state index is 12.1. The zero-order valence-electron chi connectivity index (χ0n) is 15.5. The number of carbonyl (C=O) groups excluding carboxylic acids is 1. The third-order valence-corrected chi connectivity index (χ3v) is 4.43. The van der Waals surface area contributed by atoms with E-state index in [2.05, 4.69) is 31.1 Å². The van der Waals surface area contributed by atoms with Crippen LogP contribution in [0.1, 0.15) is 48.0 Å². The van der Waals surface area contributed by atoms with E-state index in [0.717, 1.165) is 19.5 Å². The molecule has 0 radical (unpaired) electrons. The van der Waals surface area contributed by atoms with Gasteiger partial charge in [-0.3, -0.25) is 0 Å². The van der Waals surface area contributed by atoms with E-state index in [0.29, 0.717) is 31.1 Å². The lowest BCUT2D eigenvalue weighted by Crippen LogP contribution is -2.52. The number of hydrogen-bond acceptors (Lipinski definition) is 4. The molecule has 130 valence electrons. The number of nitrogens with one attached hydrogen (secondary N) is 1. The lowest BCUT2D eigenvalue weighted by atomic mass is 9.90. The molecule has 3 atom stereocenters. The zero-order chi connectivity index (χ0) is 16.9. The normalized spacial score (nSPS) is 26.8. The van der Waals surface area contributed by atoms with Crippen molar-refractivity contribution in [1.82, 2.24) is 15.1 Å². The molecular weight excluding hydrogens is 278 g/mol. The van der Waals surface area contributed by atoms with E-state index < -0.39 is 5.60 Å². The minimum Gasteiger partial charge on any atom is -0.444 e. The average Bonchev–Trinajstić information content (AvgIpc) is 2.38. The number of hydrogen-bond donors (Lipinski definition) is 1. The van der Waals surface area contributed by atoms with Crippen molar-refractivity contribution >= 4 is 6.09 Å². The molecule has 1 N–H and O–H groups in total. The summed E-state index contributed by atoms with van der Waals surface area (Å²) in [6.45, 7) is 15.6. The molecule has 1 aliphatic rings. The molecule has 0 aromatic carbocycles. The molecule has 5 nitrogen and oxygen atoms in total. The van der Waals surface area contributed by atoms with Gasteiger partial charge in [0.25, 0.3) is 0 Å². The van der Waals surface area contributed by atoms with E-state index in [9.17, 15) is 4.79 Å². The fourth-order valence-corrected chi connectivity index (χ4v) is 2.92. The number of rotatable bonds is 5. The van der Waals surface area contributed by atoms with Crippen LogP contribution in [0.2, 0.25) is 0 Å². The molecule has 1 heterocycles. The van der Waals surface area contributed by atoms with Gasteiger partial charge in [-0.2, -0.15) is 0 Å². The van der Waals surface area contributed by atoms with Crippen LogP contribution in [-0.4, -0.2) is 66.8 Å². The van der Waals surface area contributed by atoms with Crippen LogP contribution in [0, 0.1) is 5.92 Å². The maximum Gasteiger partial charge on any atom is 0.410 e. The van der Waals surface area contributed by atoms with Gasteiger partial charge in [0, 0.05) is 38.3 Å². The molecule has 0 aliphatic carbocycles. The van der Waals surface area contributed by atoms with Crippen LogP contribution in [0.4, 0.5) is 4.79 Å². The highest BCUT2D eigenvalue weighted by molar-refractivity contribution is 5.68. The molecule has 1 amide bonds. The SMILES string of the molecule is CCN(CCNC1CC(C)N(C)CC1C)C(=O)OC(C)(C)C. The van der Waals surface area contributed by atoms with Gasteiger partial charge < -0.3 is 19.9 Å². The van der Waals surface area contributed by atoms with Crippen molar-refractivity contribution in [3.05, 3.63) is 0 Å². The summed E-state index contributed by atoms with van der Waals surface area (Å²) >= 11 is 0. The Labute approximate surface area is 136 Å². The molecule has 0 spiro atoms. The standard InChI is InChI=1S/C17H35N3O2/c1-8-20(16(21)22-17(4,5)6)10-9-18-15-11-14(3)19(7)12-13(15)2/h13-15,18H,8-12H2,1-7H3.